The van der Waals surface area contributed by atoms with E-state index in [0.717, 1.165) is 24.8 Å². The highest BCUT2D eigenvalue weighted by molar-refractivity contribution is 5.06. The zero-order chi connectivity index (χ0) is 11.1. The normalized spacial score (nSPS) is 15.1. The Morgan fingerprint density at radius 1 is 1.40 bits per heavy atom. The predicted octanol–water partition coefficient (Wildman–Crippen LogP) is 3.40. The maximum absolute atomic E-state index is 10.1. The lowest BCUT2D eigenvalue weighted by Crippen LogP contribution is -2.22. The predicted molar refractivity (Wildman–Crippen MR) is 61.7 cm³/mol. The zero-order valence-electron chi connectivity index (χ0n) is 9.78. The maximum Gasteiger partial charge on any atom is 0.0935 e. The van der Waals surface area contributed by atoms with Gasteiger partial charge >= 0.3 is 0 Å². The summed E-state index contributed by atoms with van der Waals surface area (Å²) in [5.41, 5.74) is 1.09. The van der Waals surface area contributed by atoms with E-state index in [9.17, 15) is 5.11 Å². The van der Waals surface area contributed by atoms with Crippen molar-refractivity contribution >= 4 is 0 Å². The van der Waals surface area contributed by atoms with Gasteiger partial charge in [-0.1, -0.05) is 33.1 Å². The molecule has 0 aliphatic heterocycles. The van der Waals surface area contributed by atoms with Crippen molar-refractivity contribution in [2.75, 3.05) is 0 Å². The molecule has 1 aromatic heterocycles. The van der Waals surface area contributed by atoms with Crippen molar-refractivity contribution in [1.82, 2.24) is 0 Å². The van der Waals surface area contributed by atoms with Crippen LogP contribution in [0, 0.1) is 5.92 Å². The smallest absolute Gasteiger partial charge is 0.0935 e. The van der Waals surface area contributed by atoms with Crippen LogP contribution in [0.15, 0.2) is 23.0 Å². The van der Waals surface area contributed by atoms with Crippen LogP contribution in [0.4, 0.5) is 0 Å². The van der Waals surface area contributed by atoms with E-state index in [2.05, 4.69) is 13.8 Å². The van der Waals surface area contributed by atoms with Crippen LogP contribution in [-0.4, -0.2) is 11.2 Å². The van der Waals surface area contributed by atoms with E-state index in [1.54, 1.807) is 12.5 Å². The van der Waals surface area contributed by atoms with Crippen LogP contribution in [0.25, 0.3) is 0 Å². The van der Waals surface area contributed by atoms with Crippen LogP contribution < -0.4 is 0 Å². The van der Waals surface area contributed by atoms with Gasteiger partial charge in [-0.2, -0.15) is 0 Å². The van der Waals surface area contributed by atoms with Gasteiger partial charge in [0, 0.05) is 6.42 Å². The molecule has 0 radical (unpaired) electrons. The van der Waals surface area contributed by atoms with Crippen LogP contribution in [-0.2, 0) is 6.42 Å². The average Bonchev–Trinajstić information content (AvgIpc) is 2.71. The molecule has 0 aliphatic rings. The second-order valence-electron chi connectivity index (χ2n) is 4.21. The summed E-state index contributed by atoms with van der Waals surface area (Å²) in [7, 11) is 0. The Kier molecular flexibility index (Phi) is 5.48. The Hall–Kier alpha value is -0.760. The molecule has 15 heavy (non-hydrogen) atoms. The van der Waals surface area contributed by atoms with E-state index < -0.39 is 0 Å². The molecule has 0 bridgehead atoms. The highest BCUT2D eigenvalue weighted by Crippen LogP contribution is 2.20. The van der Waals surface area contributed by atoms with Gasteiger partial charge in [0.2, 0.25) is 0 Å². The maximum atomic E-state index is 10.1. The monoisotopic (exact) mass is 210 g/mol. The highest BCUT2D eigenvalue weighted by atomic mass is 16.3. The summed E-state index contributed by atoms with van der Waals surface area (Å²) >= 11 is 0. The zero-order valence-corrected chi connectivity index (χ0v) is 9.78. The molecule has 1 N–H and O–H groups in total. The molecule has 0 aliphatic carbocycles. The molecule has 2 unspecified atom stereocenters. The van der Waals surface area contributed by atoms with E-state index in [0.29, 0.717) is 5.92 Å². The van der Waals surface area contributed by atoms with Crippen molar-refractivity contribution in [1.29, 1.82) is 0 Å². The van der Waals surface area contributed by atoms with Crippen molar-refractivity contribution in [3.63, 3.8) is 0 Å². The fourth-order valence-electron chi connectivity index (χ4n) is 1.95. The topological polar surface area (TPSA) is 33.4 Å². The largest absolute Gasteiger partial charge is 0.472 e. The minimum absolute atomic E-state index is 0.223. The summed E-state index contributed by atoms with van der Waals surface area (Å²) in [6.45, 7) is 4.34. The molecule has 1 rings (SSSR count). The van der Waals surface area contributed by atoms with Crippen LogP contribution in [0.5, 0.6) is 0 Å². The SMILES string of the molecule is CCCCC(CC)C(O)Cc1ccoc1. The van der Waals surface area contributed by atoms with Crippen LogP contribution in [0.2, 0.25) is 0 Å². The standard InChI is InChI=1S/C13H22O2/c1-3-5-6-12(4-2)13(14)9-11-7-8-15-10-11/h7-8,10,12-14H,3-6,9H2,1-2H3. The summed E-state index contributed by atoms with van der Waals surface area (Å²) in [6.07, 6.45) is 8.48. The second-order valence-corrected chi connectivity index (χ2v) is 4.21. The number of furan rings is 1. The van der Waals surface area contributed by atoms with Crippen LogP contribution in [0.3, 0.4) is 0 Å². The first-order valence-electron chi connectivity index (χ1n) is 5.97. The van der Waals surface area contributed by atoms with E-state index in [-0.39, 0.29) is 6.10 Å². The molecule has 1 aromatic rings. The van der Waals surface area contributed by atoms with Gasteiger partial charge in [0.1, 0.15) is 0 Å². The molecule has 1 heterocycles. The highest BCUT2D eigenvalue weighted by Gasteiger charge is 2.17. The van der Waals surface area contributed by atoms with Gasteiger partial charge in [-0.05, 0) is 24.0 Å². The average molecular weight is 210 g/mol. The van der Waals surface area contributed by atoms with Gasteiger partial charge in [0.05, 0.1) is 18.6 Å². The first-order chi connectivity index (χ1) is 7.27. The summed E-state index contributed by atoms with van der Waals surface area (Å²) in [4.78, 5) is 0. The minimum Gasteiger partial charge on any atom is -0.472 e. The lowest BCUT2D eigenvalue weighted by molar-refractivity contribution is 0.0986. The Morgan fingerprint density at radius 2 is 2.20 bits per heavy atom. The van der Waals surface area contributed by atoms with Gasteiger partial charge in [0.25, 0.3) is 0 Å². The molecular formula is C13H22O2. The van der Waals surface area contributed by atoms with E-state index >= 15 is 0 Å². The summed E-state index contributed by atoms with van der Waals surface area (Å²) in [5.74, 6) is 0.430. The summed E-state index contributed by atoms with van der Waals surface area (Å²) in [6, 6.07) is 1.93. The summed E-state index contributed by atoms with van der Waals surface area (Å²) in [5, 5.41) is 10.1. The van der Waals surface area contributed by atoms with Gasteiger partial charge in [0.15, 0.2) is 0 Å². The lowest BCUT2D eigenvalue weighted by atomic mass is 9.90. The van der Waals surface area contributed by atoms with E-state index in [1.165, 1.54) is 12.8 Å². The molecule has 0 fully saturated rings. The number of aliphatic hydroxyl groups is 1. The van der Waals surface area contributed by atoms with Gasteiger partial charge in [-0.25, -0.2) is 0 Å². The fraction of sp³-hybridized carbons (Fsp3) is 0.692. The Labute approximate surface area is 92.3 Å². The molecule has 0 saturated heterocycles. The second kappa shape index (κ2) is 6.67. The molecule has 2 nitrogen and oxygen atoms in total. The fourth-order valence-corrected chi connectivity index (χ4v) is 1.95. The van der Waals surface area contributed by atoms with Crippen LogP contribution >= 0.6 is 0 Å². The molecule has 2 heteroatoms. The van der Waals surface area contributed by atoms with Crippen molar-refractivity contribution in [3.8, 4) is 0 Å². The minimum atomic E-state index is -0.223. The first-order valence-corrected chi connectivity index (χ1v) is 5.97. The van der Waals surface area contributed by atoms with Crippen molar-refractivity contribution < 1.29 is 9.52 Å². The molecular weight excluding hydrogens is 188 g/mol. The van der Waals surface area contributed by atoms with Crippen molar-refractivity contribution in [2.24, 2.45) is 5.92 Å². The molecule has 86 valence electrons. The number of unbranched alkanes of at least 4 members (excludes halogenated alkanes) is 1. The number of hydrogen-bond acceptors (Lipinski definition) is 2. The van der Waals surface area contributed by atoms with Crippen molar-refractivity contribution in [2.45, 2.75) is 52.1 Å². The Bertz CT molecular complexity index is 241. The summed E-state index contributed by atoms with van der Waals surface area (Å²) < 4.78 is 5.00. The third kappa shape index (κ3) is 4.08. The lowest BCUT2D eigenvalue weighted by Gasteiger charge is -2.20. The van der Waals surface area contributed by atoms with Gasteiger partial charge < -0.3 is 9.52 Å². The van der Waals surface area contributed by atoms with E-state index in [1.807, 2.05) is 6.07 Å². The van der Waals surface area contributed by atoms with Gasteiger partial charge in [-0.15, -0.1) is 0 Å². The Morgan fingerprint density at radius 3 is 2.73 bits per heavy atom. The van der Waals surface area contributed by atoms with Crippen molar-refractivity contribution in [3.05, 3.63) is 24.2 Å². The molecule has 0 amide bonds. The third-order valence-electron chi connectivity index (χ3n) is 3.02. The van der Waals surface area contributed by atoms with E-state index in [4.69, 9.17) is 4.42 Å². The molecule has 0 spiro atoms. The van der Waals surface area contributed by atoms with Gasteiger partial charge in [-0.3, -0.25) is 0 Å². The third-order valence-corrected chi connectivity index (χ3v) is 3.02. The quantitative estimate of drug-likeness (QED) is 0.748. The number of aliphatic hydroxyl groups excluding tert-OH is 1. The van der Waals surface area contributed by atoms with Crippen LogP contribution in [0.1, 0.15) is 45.1 Å². The number of rotatable bonds is 7. The number of hydrogen-bond donors (Lipinski definition) is 1. The molecule has 0 saturated carbocycles. The first kappa shape index (κ1) is 12.3. The molecule has 0 aromatic carbocycles. The molecule has 2 atom stereocenters. The Balaban J connectivity index is 2.39.